The van der Waals surface area contributed by atoms with Gasteiger partial charge in [0.05, 0.1) is 18.7 Å². The normalized spacial score (nSPS) is 27.1. The van der Waals surface area contributed by atoms with E-state index in [1.165, 1.54) is 62.7 Å². The molecule has 29 heavy (non-hydrogen) atoms. The maximum absolute atomic E-state index is 9.23. The van der Waals surface area contributed by atoms with Gasteiger partial charge in [-0.25, -0.2) is 0 Å². The van der Waals surface area contributed by atoms with Gasteiger partial charge in [0.2, 0.25) is 0 Å². The molecule has 0 N–H and O–H groups in total. The first-order chi connectivity index (χ1) is 14.2. The third-order valence-corrected chi connectivity index (χ3v) is 7.69. The molecule has 2 aromatic rings. The van der Waals surface area contributed by atoms with E-state index < -0.39 is 0 Å². The number of piperidine rings is 1. The van der Waals surface area contributed by atoms with E-state index in [9.17, 15) is 5.26 Å². The molecule has 2 saturated carbocycles. The second kappa shape index (κ2) is 7.84. The van der Waals surface area contributed by atoms with Crippen LogP contribution in [0.1, 0.15) is 55.6 Å². The Morgan fingerprint density at radius 2 is 1.79 bits per heavy atom. The number of benzene rings is 2. The van der Waals surface area contributed by atoms with Crippen LogP contribution in [0, 0.1) is 23.2 Å². The average molecular weight is 387 g/mol. The molecule has 150 valence electrons. The molecule has 1 saturated heterocycles. The molecular formula is C26H30N2O. The number of hydrogen-bond acceptors (Lipinski definition) is 3. The molecule has 3 fully saturated rings. The SMILES string of the molecule is COc1ccc(-c2cccc(C#N)c2)cc1C1CCN([C@H]2C[C@H]3CC[C@H]2C3)CC1. The highest BCUT2D eigenvalue weighted by Crippen LogP contribution is 2.48. The van der Waals surface area contributed by atoms with Gasteiger partial charge in [0.25, 0.3) is 0 Å². The van der Waals surface area contributed by atoms with Crippen LogP contribution in [0.3, 0.4) is 0 Å². The number of ether oxygens (including phenoxy) is 1. The molecule has 5 rings (SSSR count). The van der Waals surface area contributed by atoms with Gasteiger partial charge in [0.1, 0.15) is 5.75 Å². The van der Waals surface area contributed by atoms with Crippen LogP contribution < -0.4 is 4.74 Å². The molecule has 0 unspecified atom stereocenters. The minimum Gasteiger partial charge on any atom is -0.496 e. The first kappa shape index (κ1) is 18.7. The quantitative estimate of drug-likeness (QED) is 0.686. The fraction of sp³-hybridized carbons (Fsp3) is 0.500. The zero-order valence-corrected chi connectivity index (χ0v) is 17.3. The molecule has 1 aliphatic heterocycles. The van der Waals surface area contributed by atoms with E-state index in [0.29, 0.717) is 11.5 Å². The lowest BCUT2D eigenvalue weighted by Crippen LogP contribution is -2.43. The lowest BCUT2D eigenvalue weighted by molar-refractivity contribution is 0.110. The van der Waals surface area contributed by atoms with Crippen molar-refractivity contribution in [2.45, 2.75) is 50.5 Å². The molecule has 0 spiro atoms. The molecule has 2 aromatic carbocycles. The third kappa shape index (κ3) is 3.55. The number of rotatable bonds is 4. The summed E-state index contributed by atoms with van der Waals surface area (Å²) in [5.41, 5.74) is 4.32. The van der Waals surface area contributed by atoms with Gasteiger partial charge < -0.3 is 9.64 Å². The van der Waals surface area contributed by atoms with Gasteiger partial charge in [-0.15, -0.1) is 0 Å². The van der Waals surface area contributed by atoms with Gasteiger partial charge in [0, 0.05) is 6.04 Å². The summed E-state index contributed by atoms with van der Waals surface area (Å²) in [6, 6.07) is 17.5. The molecule has 0 aromatic heterocycles. The first-order valence-corrected chi connectivity index (χ1v) is 11.2. The summed E-state index contributed by atoms with van der Waals surface area (Å²) in [6.45, 7) is 2.44. The van der Waals surface area contributed by atoms with Gasteiger partial charge in [0.15, 0.2) is 0 Å². The molecule has 0 radical (unpaired) electrons. The summed E-state index contributed by atoms with van der Waals surface area (Å²) >= 11 is 0. The zero-order valence-electron chi connectivity index (χ0n) is 17.3. The van der Waals surface area contributed by atoms with Gasteiger partial charge in [-0.2, -0.15) is 5.26 Å². The van der Waals surface area contributed by atoms with Gasteiger partial charge in [-0.05, 0) is 104 Å². The number of likely N-dealkylation sites (tertiary alicyclic amines) is 1. The molecule has 3 atom stereocenters. The molecule has 1 heterocycles. The van der Waals surface area contributed by atoms with E-state index in [0.717, 1.165) is 29.2 Å². The van der Waals surface area contributed by atoms with Crippen LogP contribution in [-0.4, -0.2) is 31.1 Å². The molecule has 2 aliphatic carbocycles. The highest BCUT2D eigenvalue weighted by molar-refractivity contribution is 5.67. The standard InChI is InChI=1S/C26H30N2O/c1-29-26-8-7-22(21-4-2-3-19(14-21)17-27)16-24(26)20-9-11-28(12-10-20)25-15-18-5-6-23(25)13-18/h2-4,7-8,14,16,18,20,23,25H,5-6,9-13,15H2,1H3/t18-,23-,25-/m0/s1. The fourth-order valence-electron chi connectivity index (χ4n) is 6.20. The van der Waals surface area contributed by atoms with E-state index in [1.54, 1.807) is 7.11 Å². The van der Waals surface area contributed by atoms with E-state index >= 15 is 0 Å². The van der Waals surface area contributed by atoms with E-state index in [4.69, 9.17) is 4.74 Å². The van der Waals surface area contributed by atoms with Gasteiger partial charge in [-0.1, -0.05) is 24.6 Å². The maximum atomic E-state index is 9.23. The Bertz CT molecular complexity index is 923. The lowest BCUT2D eigenvalue weighted by atomic mass is 9.85. The summed E-state index contributed by atoms with van der Waals surface area (Å²) in [5, 5.41) is 9.23. The average Bonchev–Trinajstić information content (AvgIpc) is 3.43. The van der Waals surface area contributed by atoms with Crippen LogP contribution in [0.5, 0.6) is 5.75 Å². The van der Waals surface area contributed by atoms with Crippen LogP contribution >= 0.6 is 0 Å². The predicted octanol–water partition coefficient (Wildman–Crippen LogP) is 5.60. The van der Waals surface area contributed by atoms with Crippen LogP contribution in [0.2, 0.25) is 0 Å². The van der Waals surface area contributed by atoms with Crippen molar-refractivity contribution in [2.75, 3.05) is 20.2 Å². The lowest BCUT2D eigenvalue weighted by Gasteiger charge is -2.40. The smallest absolute Gasteiger partial charge is 0.122 e. The number of fused-ring (bicyclic) bond motifs is 2. The summed E-state index contributed by atoms with van der Waals surface area (Å²) in [5.74, 6) is 3.55. The number of hydrogen-bond donors (Lipinski definition) is 0. The van der Waals surface area contributed by atoms with Crippen molar-refractivity contribution < 1.29 is 4.74 Å². The van der Waals surface area contributed by atoms with Crippen molar-refractivity contribution in [3.05, 3.63) is 53.6 Å². The van der Waals surface area contributed by atoms with Crippen molar-refractivity contribution in [3.8, 4) is 22.9 Å². The summed E-state index contributed by atoms with van der Waals surface area (Å²) in [6.07, 6.45) is 8.31. The van der Waals surface area contributed by atoms with Gasteiger partial charge in [-0.3, -0.25) is 0 Å². The number of methoxy groups -OCH3 is 1. The van der Waals surface area contributed by atoms with Crippen molar-refractivity contribution in [1.82, 2.24) is 4.90 Å². The van der Waals surface area contributed by atoms with E-state index in [-0.39, 0.29) is 0 Å². The molecule has 3 heteroatoms. The predicted molar refractivity (Wildman–Crippen MR) is 116 cm³/mol. The summed E-state index contributed by atoms with van der Waals surface area (Å²) < 4.78 is 5.74. The van der Waals surface area contributed by atoms with E-state index in [2.05, 4.69) is 35.2 Å². The van der Waals surface area contributed by atoms with E-state index in [1.807, 2.05) is 18.2 Å². The van der Waals surface area contributed by atoms with Crippen molar-refractivity contribution in [2.24, 2.45) is 11.8 Å². The van der Waals surface area contributed by atoms with Crippen LogP contribution in [-0.2, 0) is 0 Å². The summed E-state index contributed by atoms with van der Waals surface area (Å²) in [4.78, 5) is 2.80. The van der Waals surface area contributed by atoms with Crippen molar-refractivity contribution in [3.63, 3.8) is 0 Å². The largest absolute Gasteiger partial charge is 0.496 e. The molecule has 3 nitrogen and oxygen atoms in total. The highest BCUT2D eigenvalue weighted by atomic mass is 16.5. The zero-order chi connectivity index (χ0) is 19.8. The minimum atomic E-state index is 0.555. The first-order valence-electron chi connectivity index (χ1n) is 11.2. The Morgan fingerprint density at radius 3 is 2.48 bits per heavy atom. The number of nitrogens with zero attached hydrogens (tertiary/aromatic N) is 2. The van der Waals surface area contributed by atoms with Crippen molar-refractivity contribution in [1.29, 1.82) is 5.26 Å². The number of nitriles is 1. The molecule has 3 aliphatic rings. The van der Waals surface area contributed by atoms with Crippen LogP contribution in [0.25, 0.3) is 11.1 Å². The Morgan fingerprint density at radius 1 is 0.966 bits per heavy atom. The Kier molecular flexibility index (Phi) is 5.06. The maximum Gasteiger partial charge on any atom is 0.122 e. The Labute approximate surface area is 174 Å². The molecule has 2 bridgehead atoms. The molecule has 0 amide bonds. The molecular weight excluding hydrogens is 356 g/mol. The fourth-order valence-corrected chi connectivity index (χ4v) is 6.20. The van der Waals surface area contributed by atoms with Crippen molar-refractivity contribution >= 4 is 0 Å². The summed E-state index contributed by atoms with van der Waals surface area (Å²) in [7, 11) is 1.78. The van der Waals surface area contributed by atoms with Crippen LogP contribution in [0.15, 0.2) is 42.5 Å². The van der Waals surface area contributed by atoms with Crippen LogP contribution in [0.4, 0.5) is 0 Å². The Balaban J connectivity index is 1.34. The second-order valence-electron chi connectivity index (χ2n) is 9.20. The topological polar surface area (TPSA) is 36.3 Å². The Hall–Kier alpha value is -2.31. The highest BCUT2D eigenvalue weighted by Gasteiger charge is 2.43. The second-order valence-corrected chi connectivity index (χ2v) is 9.20. The third-order valence-electron chi connectivity index (χ3n) is 7.69. The monoisotopic (exact) mass is 386 g/mol. The minimum absolute atomic E-state index is 0.555. The van der Waals surface area contributed by atoms with Gasteiger partial charge >= 0.3 is 0 Å².